The molecule has 0 spiro atoms. The zero-order chi connectivity index (χ0) is 13.2. The highest BCUT2D eigenvalue weighted by molar-refractivity contribution is 5.22. The normalized spacial score (nSPS) is 14.2. The van der Waals surface area contributed by atoms with Crippen molar-refractivity contribution in [2.24, 2.45) is 0 Å². The van der Waals surface area contributed by atoms with Gasteiger partial charge >= 0.3 is 0 Å². The molecule has 0 aliphatic carbocycles. The van der Waals surface area contributed by atoms with E-state index < -0.39 is 11.4 Å². The van der Waals surface area contributed by atoms with Crippen molar-refractivity contribution in [2.45, 2.75) is 18.9 Å². The van der Waals surface area contributed by atoms with E-state index in [2.05, 4.69) is 4.98 Å². The summed E-state index contributed by atoms with van der Waals surface area (Å²) in [6.45, 7) is 1.57. The molecule has 0 aliphatic heterocycles. The van der Waals surface area contributed by atoms with Crippen molar-refractivity contribution in [1.82, 2.24) is 4.98 Å². The van der Waals surface area contributed by atoms with Gasteiger partial charge in [-0.1, -0.05) is 12.1 Å². The zero-order valence-corrected chi connectivity index (χ0v) is 9.90. The Morgan fingerprint density at radius 3 is 2.56 bits per heavy atom. The minimum atomic E-state index is -1.26. The number of rotatable bonds is 3. The van der Waals surface area contributed by atoms with Crippen LogP contribution in [0, 0.1) is 11.6 Å². The molecule has 18 heavy (non-hydrogen) atoms. The second kappa shape index (κ2) is 4.82. The van der Waals surface area contributed by atoms with E-state index in [0.29, 0.717) is 11.3 Å². The summed E-state index contributed by atoms with van der Waals surface area (Å²) in [6.07, 6.45) is 1.26. The average Bonchev–Trinajstić information content (AvgIpc) is 2.29. The van der Waals surface area contributed by atoms with Crippen molar-refractivity contribution in [2.75, 3.05) is 0 Å². The summed E-state index contributed by atoms with van der Waals surface area (Å²) < 4.78 is 25.8. The summed E-state index contributed by atoms with van der Waals surface area (Å²) in [4.78, 5) is 3.85. The largest absolute Gasteiger partial charge is 0.383 e. The van der Waals surface area contributed by atoms with Gasteiger partial charge in [0, 0.05) is 6.42 Å². The predicted octanol–water partition coefficient (Wildman–Crippen LogP) is 2.81. The molecule has 0 radical (unpaired) electrons. The highest BCUT2D eigenvalue weighted by atomic mass is 19.1. The van der Waals surface area contributed by atoms with Gasteiger partial charge in [-0.05, 0) is 36.8 Å². The van der Waals surface area contributed by atoms with Gasteiger partial charge in [0.2, 0.25) is 0 Å². The lowest BCUT2D eigenvalue weighted by Crippen LogP contribution is -2.25. The van der Waals surface area contributed by atoms with Gasteiger partial charge in [-0.2, -0.15) is 0 Å². The summed E-state index contributed by atoms with van der Waals surface area (Å²) in [5.74, 6) is -0.810. The fourth-order valence-corrected chi connectivity index (χ4v) is 1.83. The number of pyridine rings is 1. The maximum Gasteiger partial charge on any atom is 0.141 e. The first-order valence-corrected chi connectivity index (χ1v) is 5.56. The molecule has 0 saturated heterocycles. The second-order valence-electron chi connectivity index (χ2n) is 4.44. The van der Waals surface area contributed by atoms with Crippen molar-refractivity contribution in [3.8, 4) is 0 Å². The zero-order valence-electron chi connectivity index (χ0n) is 9.90. The fraction of sp³-hybridized carbons (Fsp3) is 0.214. The molecule has 2 rings (SSSR count). The molecule has 4 heteroatoms. The molecule has 0 saturated carbocycles. The topological polar surface area (TPSA) is 33.1 Å². The third kappa shape index (κ3) is 2.90. The monoisotopic (exact) mass is 249 g/mol. The first-order valence-electron chi connectivity index (χ1n) is 5.56. The number of aromatic nitrogens is 1. The van der Waals surface area contributed by atoms with Crippen LogP contribution in [0.5, 0.6) is 0 Å². The highest BCUT2D eigenvalue weighted by Crippen LogP contribution is 2.23. The molecular weight excluding hydrogens is 236 g/mol. The summed E-state index contributed by atoms with van der Waals surface area (Å²) in [5.41, 5.74) is -0.249. The molecular formula is C14H13F2NO. The van der Waals surface area contributed by atoms with Gasteiger partial charge in [-0.3, -0.25) is 4.98 Å². The van der Waals surface area contributed by atoms with Crippen LogP contribution >= 0.6 is 0 Å². The number of halogens is 2. The number of hydrogen-bond donors (Lipinski definition) is 1. The van der Waals surface area contributed by atoms with E-state index in [1.54, 1.807) is 19.1 Å². The minimum Gasteiger partial charge on any atom is -0.383 e. The Balaban J connectivity index is 2.23. The number of nitrogens with zero attached hydrogens (tertiary/aromatic N) is 1. The lowest BCUT2D eigenvalue weighted by Gasteiger charge is -2.22. The second-order valence-corrected chi connectivity index (χ2v) is 4.44. The number of aliphatic hydroxyl groups is 1. The van der Waals surface area contributed by atoms with Crippen LogP contribution in [0.25, 0.3) is 0 Å². The van der Waals surface area contributed by atoms with Gasteiger partial charge in [0.25, 0.3) is 0 Å². The van der Waals surface area contributed by atoms with Gasteiger partial charge < -0.3 is 5.11 Å². The molecule has 2 aromatic rings. The van der Waals surface area contributed by atoms with E-state index >= 15 is 0 Å². The Morgan fingerprint density at radius 1 is 1.17 bits per heavy atom. The summed E-state index contributed by atoms with van der Waals surface area (Å²) in [6, 6.07) is 8.67. The Bertz CT molecular complexity index is 538. The van der Waals surface area contributed by atoms with Crippen molar-refractivity contribution in [3.05, 3.63) is 65.5 Å². The van der Waals surface area contributed by atoms with Gasteiger partial charge in [-0.15, -0.1) is 0 Å². The molecule has 1 heterocycles. The Hall–Kier alpha value is -1.81. The Kier molecular flexibility index (Phi) is 3.39. The molecule has 0 fully saturated rings. The quantitative estimate of drug-likeness (QED) is 0.907. The van der Waals surface area contributed by atoms with E-state index in [0.717, 1.165) is 6.20 Å². The lowest BCUT2D eigenvalue weighted by molar-refractivity contribution is 0.0528. The molecule has 1 aromatic heterocycles. The van der Waals surface area contributed by atoms with Crippen molar-refractivity contribution >= 4 is 0 Å². The maximum atomic E-state index is 13.1. The SMILES string of the molecule is CC(O)(Cc1cccc(F)c1)c1ccc(F)cn1. The van der Waals surface area contributed by atoms with E-state index in [1.165, 1.54) is 24.3 Å². The first-order chi connectivity index (χ1) is 8.47. The van der Waals surface area contributed by atoms with Crippen LogP contribution in [-0.4, -0.2) is 10.1 Å². The van der Waals surface area contributed by atoms with Crippen LogP contribution in [0.4, 0.5) is 8.78 Å². The fourth-order valence-electron chi connectivity index (χ4n) is 1.83. The molecule has 1 unspecified atom stereocenters. The van der Waals surface area contributed by atoms with Crippen molar-refractivity contribution < 1.29 is 13.9 Å². The highest BCUT2D eigenvalue weighted by Gasteiger charge is 2.25. The molecule has 0 amide bonds. The molecule has 0 bridgehead atoms. The summed E-state index contributed by atoms with van der Waals surface area (Å²) >= 11 is 0. The standard InChI is InChI=1S/C14H13F2NO/c1-14(18,13-6-5-12(16)9-17-13)8-10-3-2-4-11(15)7-10/h2-7,9,18H,8H2,1H3. The first kappa shape index (κ1) is 12.6. The van der Waals surface area contributed by atoms with Crippen LogP contribution < -0.4 is 0 Å². The van der Waals surface area contributed by atoms with Crippen LogP contribution in [0.3, 0.4) is 0 Å². The van der Waals surface area contributed by atoms with E-state index in [1.807, 2.05) is 0 Å². The average molecular weight is 249 g/mol. The Labute approximate surface area is 104 Å². The van der Waals surface area contributed by atoms with Crippen LogP contribution in [0.2, 0.25) is 0 Å². The predicted molar refractivity (Wildman–Crippen MR) is 63.9 cm³/mol. The van der Waals surface area contributed by atoms with Crippen molar-refractivity contribution in [1.29, 1.82) is 0 Å². The minimum absolute atomic E-state index is 0.212. The molecule has 1 aromatic carbocycles. The summed E-state index contributed by atoms with van der Waals surface area (Å²) in [7, 11) is 0. The maximum absolute atomic E-state index is 13.1. The van der Waals surface area contributed by atoms with E-state index in [9.17, 15) is 13.9 Å². The molecule has 2 nitrogen and oxygen atoms in total. The van der Waals surface area contributed by atoms with Gasteiger partial charge in [0.05, 0.1) is 11.9 Å². The van der Waals surface area contributed by atoms with Crippen LogP contribution in [0.15, 0.2) is 42.6 Å². The van der Waals surface area contributed by atoms with Gasteiger partial charge in [0.1, 0.15) is 17.2 Å². The van der Waals surface area contributed by atoms with Gasteiger partial charge in [-0.25, -0.2) is 8.78 Å². The lowest BCUT2D eigenvalue weighted by atomic mass is 9.93. The molecule has 1 N–H and O–H groups in total. The van der Waals surface area contributed by atoms with Crippen molar-refractivity contribution in [3.63, 3.8) is 0 Å². The van der Waals surface area contributed by atoms with E-state index in [-0.39, 0.29) is 12.2 Å². The van der Waals surface area contributed by atoms with Crippen LogP contribution in [-0.2, 0) is 12.0 Å². The third-order valence-corrected chi connectivity index (χ3v) is 2.72. The number of benzene rings is 1. The Morgan fingerprint density at radius 2 is 1.94 bits per heavy atom. The third-order valence-electron chi connectivity index (χ3n) is 2.72. The van der Waals surface area contributed by atoms with E-state index in [4.69, 9.17) is 0 Å². The number of hydrogen-bond acceptors (Lipinski definition) is 2. The molecule has 1 atom stereocenters. The summed E-state index contributed by atoms with van der Waals surface area (Å²) in [5, 5.41) is 10.3. The van der Waals surface area contributed by atoms with Crippen LogP contribution in [0.1, 0.15) is 18.2 Å². The smallest absolute Gasteiger partial charge is 0.141 e. The molecule has 0 aliphatic rings. The molecule has 94 valence electrons. The van der Waals surface area contributed by atoms with Gasteiger partial charge in [0.15, 0.2) is 0 Å².